The number of amides is 1. The third-order valence-electron chi connectivity index (χ3n) is 9.69. The number of pyridine rings is 2. The standard InChI is InChI=1S/C39H46N6O3Si/c1-39(2,3)49(4,5)48-27-21-40-34-15-11-16-35(42-34)44-25-23-43(24-26-44)31-19-17-30(18-20-31)41-38(47)37(46)36-33(29-12-7-6-8-13-29)28-32-14-9-10-22-45(32)36/h6-20,22,28H,21,23-27H2,1-5H3,(H,40,42)(H,41,47). The van der Waals surface area contributed by atoms with Crippen LogP contribution in [0, 0.1) is 0 Å². The van der Waals surface area contributed by atoms with Crippen molar-refractivity contribution in [2.24, 2.45) is 0 Å². The number of nitrogens with zero attached hydrogens (tertiary/aromatic N) is 4. The maximum atomic E-state index is 13.6. The number of carbonyl (C=O) groups excluding carboxylic acids is 2. The Labute approximate surface area is 290 Å². The Hall–Kier alpha value is -4.93. The number of carbonyl (C=O) groups is 2. The Morgan fingerprint density at radius 1 is 0.837 bits per heavy atom. The maximum absolute atomic E-state index is 13.6. The van der Waals surface area contributed by atoms with Crippen molar-refractivity contribution in [2.45, 2.75) is 38.9 Å². The fourth-order valence-corrected chi connectivity index (χ4v) is 6.88. The van der Waals surface area contributed by atoms with Crippen molar-refractivity contribution < 1.29 is 14.0 Å². The fraction of sp³-hybridized carbons (Fsp3) is 0.308. The topological polar surface area (TPSA) is 91.2 Å². The van der Waals surface area contributed by atoms with Crippen LogP contribution in [-0.2, 0) is 9.22 Å². The molecule has 0 atom stereocenters. The van der Waals surface area contributed by atoms with Crippen LogP contribution in [0.5, 0.6) is 0 Å². The van der Waals surface area contributed by atoms with Crippen LogP contribution < -0.4 is 20.4 Å². The third kappa shape index (κ3) is 7.71. The van der Waals surface area contributed by atoms with E-state index >= 15 is 0 Å². The van der Waals surface area contributed by atoms with Gasteiger partial charge in [0.25, 0.3) is 11.7 Å². The van der Waals surface area contributed by atoms with Crippen LogP contribution in [0.2, 0.25) is 18.1 Å². The van der Waals surface area contributed by atoms with Crippen molar-refractivity contribution in [1.29, 1.82) is 0 Å². The molecule has 1 amide bonds. The highest BCUT2D eigenvalue weighted by atomic mass is 28.4. The summed E-state index contributed by atoms with van der Waals surface area (Å²) in [5, 5.41) is 6.44. The van der Waals surface area contributed by atoms with Crippen LogP contribution >= 0.6 is 0 Å². The van der Waals surface area contributed by atoms with Gasteiger partial charge < -0.3 is 29.3 Å². The van der Waals surface area contributed by atoms with Gasteiger partial charge in [0.05, 0.1) is 6.61 Å². The molecule has 5 aromatic rings. The lowest BCUT2D eigenvalue weighted by Crippen LogP contribution is -2.46. The summed E-state index contributed by atoms with van der Waals surface area (Å²) in [7, 11) is -1.77. The number of fused-ring (bicyclic) bond motifs is 1. The molecule has 4 heterocycles. The molecule has 0 unspecified atom stereocenters. The highest BCUT2D eigenvalue weighted by Gasteiger charge is 2.36. The SMILES string of the molecule is CC(C)(C)[Si](C)(C)OCCNc1cccc(N2CCN(c3ccc(NC(=O)C(=O)c4c(-c5ccccc5)cc5ccccn45)cc3)CC2)n1. The first kappa shape index (κ1) is 33.9. The van der Waals surface area contributed by atoms with E-state index in [1.54, 1.807) is 4.40 Å². The molecule has 0 aliphatic carbocycles. The fourth-order valence-electron chi connectivity index (χ4n) is 5.84. The molecule has 0 bridgehead atoms. The Balaban J connectivity index is 1.03. The molecule has 9 nitrogen and oxygen atoms in total. The second-order valence-corrected chi connectivity index (χ2v) is 18.8. The second kappa shape index (κ2) is 14.3. The van der Waals surface area contributed by atoms with Gasteiger partial charge in [-0.25, -0.2) is 4.98 Å². The lowest BCUT2D eigenvalue weighted by Gasteiger charge is -2.37. The predicted octanol–water partition coefficient (Wildman–Crippen LogP) is 7.58. The molecule has 2 N–H and O–H groups in total. The first-order valence-electron chi connectivity index (χ1n) is 17.0. The van der Waals surface area contributed by atoms with E-state index in [9.17, 15) is 9.59 Å². The summed E-state index contributed by atoms with van der Waals surface area (Å²) < 4.78 is 8.08. The van der Waals surface area contributed by atoms with Gasteiger partial charge in [-0.15, -0.1) is 0 Å². The van der Waals surface area contributed by atoms with Crippen molar-refractivity contribution in [3.05, 3.63) is 109 Å². The van der Waals surface area contributed by atoms with Gasteiger partial charge in [0.15, 0.2) is 8.32 Å². The van der Waals surface area contributed by atoms with Crippen molar-refractivity contribution in [2.75, 3.05) is 59.8 Å². The normalized spacial score (nSPS) is 13.8. The minimum Gasteiger partial charge on any atom is -0.415 e. The molecular formula is C39H46N6O3Si. The van der Waals surface area contributed by atoms with Gasteiger partial charge in [0.2, 0.25) is 0 Å². The van der Waals surface area contributed by atoms with E-state index in [0.29, 0.717) is 18.0 Å². The van der Waals surface area contributed by atoms with Crippen LogP contribution in [0.3, 0.4) is 0 Å². The molecule has 0 radical (unpaired) electrons. The number of rotatable bonds is 11. The molecule has 49 heavy (non-hydrogen) atoms. The minimum atomic E-state index is -1.77. The number of hydrogen-bond donors (Lipinski definition) is 2. The van der Waals surface area contributed by atoms with Crippen molar-refractivity contribution in [3.8, 4) is 11.1 Å². The molecule has 254 valence electrons. The number of aromatic nitrogens is 2. The van der Waals surface area contributed by atoms with E-state index in [2.05, 4.69) is 60.4 Å². The van der Waals surface area contributed by atoms with E-state index < -0.39 is 20.0 Å². The first-order valence-corrected chi connectivity index (χ1v) is 19.9. The highest BCUT2D eigenvalue weighted by Crippen LogP contribution is 2.36. The molecular weight excluding hydrogens is 629 g/mol. The third-order valence-corrected chi connectivity index (χ3v) is 14.2. The van der Waals surface area contributed by atoms with E-state index in [-0.39, 0.29) is 5.04 Å². The zero-order valence-electron chi connectivity index (χ0n) is 29.1. The average Bonchev–Trinajstić information content (AvgIpc) is 3.50. The summed E-state index contributed by atoms with van der Waals surface area (Å²) in [5.41, 5.74) is 4.45. The summed E-state index contributed by atoms with van der Waals surface area (Å²) in [6.07, 6.45) is 1.81. The van der Waals surface area contributed by atoms with Crippen LogP contribution in [0.1, 0.15) is 31.3 Å². The zero-order chi connectivity index (χ0) is 34.6. The van der Waals surface area contributed by atoms with Crippen molar-refractivity contribution in [3.63, 3.8) is 0 Å². The lowest BCUT2D eigenvalue weighted by atomic mass is 10.0. The van der Waals surface area contributed by atoms with Gasteiger partial charge in [-0.3, -0.25) is 9.59 Å². The Morgan fingerprint density at radius 3 is 2.24 bits per heavy atom. The number of nitrogens with one attached hydrogen (secondary N) is 2. The predicted molar refractivity (Wildman–Crippen MR) is 203 cm³/mol. The zero-order valence-corrected chi connectivity index (χ0v) is 30.1. The first-order chi connectivity index (χ1) is 23.5. The molecule has 0 saturated carbocycles. The van der Waals surface area contributed by atoms with E-state index in [4.69, 9.17) is 9.41 Å². The molecule has 1 fully saturated rings. The van der Waals surface area contributed by atoms with Gasteiger partial charge in [-0.1, -0.05) is 63.2 Å². The van der Waals surface area contributed by atoms with E-state index in [1.807, 2.05) is 97.2 Å². The Kier molecular flexibility index (Phi) is 9.89. The summed E-state index contributed by atoms with van der Waals surface area (Å²) in [4.78, 5) is 36.3. The number of ketones is 1. The van der Waals surface area contributed by atoms with Crippen molar-refractivity contribution >= 4 is 48.5 Å². The van der Waals surface area contributed by atoms with Crippen LogP contribution in [0.4, 0.5) is 23.0 Å². The van der Waals surface area contributed by atoms with Crippen molar-refractivity contribution in [1.82, 2.24) is 9.38 Å². The van der Waals surface area contributed by atoms with Gasteiger partial charge in [-0.2, -0.15) is 0 Å². The smallest absolute Gasteiger partial charge is 0.298 e. The Morgan fingerprint density at radius 2 is 1.53 bits per heavy atom. The van der Waals surface area contributed by atoms with Crippen LogP contribution in [0.15, 0.2) is 103 Å². The van der Waals surface area contributed by atoms with Gasteiger partial charge in [0, 0.05) is 61.4 Å². The number of benzene rings is 2. The molecule has 1 saturated heterocycles. The number of hydrogen-bond acceptors (Lipinski definition) is 7. The van der Waals surface area contributed by atoms with Crippen LogP contribution in [-0.4, -0.2) is 68.7 Å². The number of anilines is 4. The van der Waals surface area contributed by atoms with E-state index in [0.717, 1.165) is 66.7 Å². The Bertz CT molecular complexity index is 1910. The second-order valence-electron chi connectivity index (χ2n) is 14.0. The van der Waals surface area contributed by atoms with Crippen LogP contribution in [0.25, 0.3) is 16.6 Å². The molecule has 2 aromatic carbocycles. The summed E-state index contributed by atoms with van der Waals surface area (Å²) in [6, 6.07) is 31.1. The van der Waals surface area contributed by atoms with Gasteiger partial charge in [0.1, 0.15) is 17.3 Å². The van der Waals surface area contributed by atoms with Gasteiger partial charge >= 0.3 is 0 Å². The minimum absolute atomic E-state index is 0.193. The summed E-state index contributed by atoms with van der Waals surface area (Å²) >= 11 is 0. The molecule has 0 spiro atoms. The molecule has 1 aliphatic heterocycles. The summed E-state index contributed by atoms with van der Waals surface area (Å²) in [6.45, 7) is 16.1. The summed E-state index contributed by atoms with van der Waals surface area (Å²) in [5.74, 6) is 0.563. The number of piperazine rings is 1. The number of Topliss-reactive ketones (excluding diaryl/α,β-unsaturated/α-hetero) is 1. The lowest BCUT2D eigenvalue weighted by molar-refractivity contribution is -0.112. The molecule has 1 aliphatic rings. The molecule has 6 rings (SSSR count). The molecule has 3 aromatic heterocycles. The van der Waals surface area contributed by atoms with E-state index in [1.165, 1.54) is 0 Å². The quantitative estimate of drug-likeness (QED) is 0.0646. The maximum Gasteiger partial charge on any atom is 0.298 e. The monoisotopic (exact) mass is 674 g/mol. The van der Waals surface area contributed by atoms with Gasteiger partial charge in [-0.05, 0) is 78.3 Å². The average molecular weight is 675 g/mol. The highest BCUT2D eigenvalue weighted by molar-refractivity contribution is 6.74. The molecule has 10 heteroatoms. The largest absolute Gasteiger partial charge is 0.415 e.